The molecule has 1 aliphatic rings. The molecular weight excluding hydrogens is 470 g/mol. The van der Waals surface area contributed by atoms with Gasteiger partial charge in [0, 0.05) is 16.1 Å². The Labute approximate surface area is 182 Å². The van der Waals surface area contributed by atoms with Crippen LogP contribution in [0.5, 0.6) is 0 Å². The summed E-state index contributed by atoms with van der Waals surface area (Å²) in [5.74, 6) is -0.424. The maximum Gasteiger partial charge on any atom is 0.255 e. The van der Waals surface area contributed by atoms with E-state index in [4.69, 9.17) is 0 Å². The van der Waals surface area contributed by atoms with Gasteiger partial charge in [-0.2, -0.15) is 5.10 Å². The largest absolute Gasteiger partial charge is 0.320 e. The number of sulfonamides is 1. The van der Waals surface area contributed by atoms with Crippen molar-refractivity contribution in [2.24, 2.45) is 0 Å². The average molecular weight is 490 g/mol. The van der Waals surface area contributed by atoms with E-state index in [9.17, 15) is 13.2 Å². The number of carbonyl (C=O) groups is 1. The highest BCUT2D eigenvalue weighted by atomic mass is 79.9. The van der Waals surface area contributed by atoms with Gasteiger partial charge in [-0.05, 0) is 49.2 Å². The number of rotatable bonds is 6. The molecule has 2 aromatic carbocycles. The molecule has 8 nitrogen and oxygen atoms in total. The third kappa shape index (κ3) is 4.61. The van der Waals surface area contributed by atoms with Gasteiger partial charge in [-0.15, -0.1) is 0 Å². The summed E-state index contributed by atoms with van der Waals surface area (Å²) in [6.07, 6.45) is 6.66. The van der Waals surface area contributed by atoms with Crippen LogP contribution in [0.1, 0.15) is 36.0 Å². The first-order chi connectivity index (χ1) is 14.4. The molecule has 1 saturated carbocycles. The van der Waals surface area contributed by atoms with Crippen molar-refractivity contribution in [1.29, 1.82) is 0 Å². The van der Waals surface area contributed by atoms with E-state index in [1.807, 2.05) is 6.07 Å². The number of carbonyl (C=O) groups excluding carboxylic acids is 1. The van der Waals surface area contributed by atoms with Crippen molar-refractivity contribution in [3.8, 4) is 5.69 Å². The molecule has 1 heterocycles. The van der Waals surface area contributed by atoms with Crippen molar-refractivity contribution < 1.29 is 13.2 Å². The number of nitrogens with one attached hydrogen (secondary N) is 2. The van der Waals surface area contributed by atoms with Crippen LogP contribution in [-0.4, -0.2) is 35.1 Å². The fraction of sp³-hybridized carbons (Fsp3) is 0.250. The first kappa shape index (κ1) is 20.7. The maximum atomic E-state index is 12.9. The van der Waals surface area contributed by atoms with E-state index in [1.54, 1.807) is 24.3 Å². The quantitative estimate of drug-likeness (QED) is 0.550. The monoisotopic (exact) mass is 489 g/mol. The van der Waals surface area contributed by atoms with Gasteiger partial charge in [0.1, 0.15) is 12.7 Å². The molecule has 0 saturated heterocycles. The molecule has 0 radical (unpaired) electrons. The summed E-state index contributed by atoms with van der Waals surface area (Å²) in [6.45, 7) is 0. The zero-order valence-electron chi connectivity index (χ0n) is 16.0. The number of halogens is 1. The van der Waals surface area contributed by atoms with E-state index in [0.717, 1.165) is 30.2 Å². The number of aromatic nitrogens is 3. The van der Waals surface area contributed by atoms with Gasteiger partial charge in [-0.3, -0.25) is 4.79 Å². The van der Waals surface area contributed by atoms with Crippen molar-refractivity contribution >= 4 is 37.5 Å². The standard InChI is InChI=1S/C20H20BrN5O3S/c21-15-8-9-19(26-13-22-12-23-26)18(11-15)24-20(27)14-4-3-7-17(10-14)30(28,29)25-16-5-1-2-6-16/h3-4,7-13,16,25H,1-2,5-6H2,(H,24,27). The van der Waals surface area contributed by atoms with Crippen LogP contribution in [0.15, 0.2) is 64.5 Å². The Balaban J connectivity index is 1.58. The van der Waals surface area contributed by atoms with Crippen LogP contribution < -0.4 is 10.0 Å². The van der Waals surface area contributed by atoms with Crippen LogP contribution in [0.25, 0.3) is 5.69 Å². The van der Waals surface area contributed by atoms with E-state index in [1.165, 1.54) is 29.5 Å². The molecule has 1 aliphatic carbocycles. The van der Waals surface area contributed by atoms with Crippen molar-refractivity contribution in [3.63, 3.8) is 0 Å². The van der Waals surface area contributed by atoms with Gasteiger partial charge in [-0.25, -0.2) is 22.8 Å². The Bertz CT molecular complexity index is 1160. The maximum absolute atomic E-state index is 12.9. The minimum Gasteiger partial charge on any atom is -0.320 e. The van der Waals surface area contributed by atoms with Crippen LogP contribution >= 0.6 is 15.9 Å². The molecule has 10 heteroatoms. The molecule has 1 aromatic heterocycles. The van der Waals surface area contributed by atoms with Crippen LogP contribution in [0, 0.1) is 0 Å². The van der Waals surface area contributed by atoms with E-state index in [-0.39, 0.29) is 16.5 Å². The van der Waals surface area contributed by atoms with Gasteiger partial charge in [0.05, 0.1) is 16.3 Å². The second-order valence-electron chi connectivity index (χ2n) is 7.09. The second kappa shape index (κ2) is 8.66. The Morgan fingerprint density at radius 1 is 1.13 bits per heavy atom. The SMILES string of the molecule is O=C(Nc1cc(Br)ccc1-n1cncn1)c1cccc(S(=O)(=O)NC2CCCC2)c1. The molecular formula is C20H20BrN5O3S. The van der Waals surface area contributed by atoms with E-state index < -0.39 is 15.9 Å². The number of amides is 1. The Morgan fingerprint density at radius 2 is 1.93 bits per heavy atom. The molecule has 0 spiro atoms. The minimum absolute atomic E-state index is 0.0422. The minimum atomic E-state index is -3.68. The summed E-state index contributed by atoms with van der Waals surface area (Å²) in [6, 6.07) is 11.4. The van der Waals surface area contributed by atoms with E-state index >= 15 is 0 Å². The summed E-state index contributed by atoms with van der Waals surface area (Å²) < 4.78 is 30.5. The molecule has 1 fully saturated rings. The Hall–Kier alpha value is -2.56. The van der Waals surface area contributed by atoms with E-state index in [2.05, 4.69) is 36.1 Å². The molecule has 1 amide bonds. The average Bonchev–Trinajstić information content (AvgIpc) is 3.42. The fourth-order valence-corrected chi connectivity index (χ4v) is 5.18. The molecule has 2 N–H and O–H groups in total. The normalized spacial score (nSPS) is 14.7. The third-order valence-electron chi connectivity index (χ3n) is 4.96. The Kier molecular flexibility index (Phi) is 5.98. The number of hydrogen-bond donors (Lipinski definition) is 2. The molecule has 0 bridgehead atoms. The van der Waals surface area contributed by atoms with Gasteiger partial charge in [-0.1, -0.05) is 34.8 Å². The Morgan fingerprint density at radius 3 is 2.67 bits per heavy atom. The predicted octanol–water partition coefficient (Wildman–Crippen LogP) is 3.50. The summed E-state index contributed by atoms with van der Waals surface area (Å²) in [4.78, 5) is 16.9. The van der Waals surface area contributed by atoms with Crippen molar-refractivity contribution in [1.82, 2.24) is 19.5 Å². The molecule has 156 valence electrons. The summed E-state index contributed by atoms with van der Waals surface area (Å²) in [5, 5.41) is 6.94. The van der Waals surface area contributed by atoms with Crippen LogP contribution in [0.3, 0.4) is 0 Å². The molecule has 0 aliphatic heterocycles. The number of anilines is 1. The molecule has 3 aromatic rings. The van der Waals surface area contributed by atoms with Crippen LogP contribution in [0.2, 0.25) is 0 Å². The highest BCUT2D eigenvalue weighted by Crippen LogP contribution is 2.25. The molecule has 0 unspecified atom stereocenters. The van der Waals surface area contributed by atoms with Gasteiger partial charge >= 0.3 is 0 Å². The van der Waals surface area contributed by atoms with Gasteiger partial charge in [0.2, 0.25) is 10.0 Å². The highest BCUT2D eigenvalue weighted by Gasteiger charge is 2.23. The van der Waals surface area contributed by atoms with Gasteiger partial charge in [0.15, 0.2) is 0 Å². The number of benzene rings is 2. The van der Waals surface area contributed by atoms with Crippen molar-refractivity contribution in [3.05, 3.63) is 65.2 Å². The lowest BCUT2D eigenvalue weighted by atomic mass is 10.2. The zero-order chi connectivity index (χ0) is 21.1. The fourth-order valence-electron chi connectivity index (χ4n) is 3.47. The summed E-state index contributed by atoms with van der Waals surface area (Å²) in [7, 11) is -3.68. The summed E-state index contributed by atoms with van der Waals surface area (Å²) >= 11 is 3.40. The van der Waals surface area contributed by atoms with Gasteiger partial charge < -0.3 is 5.32 Å². The molecule has 4 rings (SSSR count). The first-order valence-corrected chi connectivity index (χ1v) is 11.8. The summed E-state index contributed by atoms with van der Waals surface area (Å²) in [5.41, 5.74) is 1.39. The lowest BCUT2D eigenvalue weighted by Crippen LogP contribution is -2.32. The lowest BCUT2D eigenvalue weighted by molar-refractivity contribution is 0.102. The lowest BCUT2D eigenvalue weighted by Gasteiger charge is -2.14. The molecule has 0 atom stereocenters. The van der Waals surface area contributed by atoms with Crippen molar-refractivity contribution in [2.75, 3.05) is 5.32 Å². The van der Waals surface area contributed by atoms with Crippen LogP contribution in [0.4, 0.5) is 5.69 Å². The zero-order valence-corrected chi connectivity index (χ0v) is 18.4. The van der Waals surface area contributed by atoms with E-state index in [0.29, 0.717) is 11.4 Å². The topological polar surface area (TPSA) is 106 Å². The number of hydrogen-bond acceptors (Lipinski definition) is 5. The predicted molar refractivity (Wildman–Crippen MR) is 116 cm³/mol. The third-order valence-corrected chi connectivity index (χ3v) is 6.97. The van der Waals surface area contributed by atoms with Crippen molar-refractivity contribution in [2.45, 2.75) is 36.6 Å². The number of nitrogens with zero attached hydrogens (tertiary/aromatic N) is 3. The smallest absolute Gasteiger partial charge is 0.255 e. The first-order valence-electron chi connectivity index (χ1n) is 9.51. The second-order valence-corrected chi connectivity index (χ2v) is 9.72. The van der Waals surface area contributed by atoms with Crippen LogP contribution in [-0.2, 0) is 10.0 Å². The molecule has 30 heavy (non-hydrogen) atoms. The highest BCUT2D eigenvalue weighted by molar-refractivity contribution is 9.10. The van der Waals surface area contributed by atoms with Gasteiger partial charge in [0.25, 0.3) is 5.91 Å².